The largest absolute Gasteiger partial charge is 0.454 e. The van der Waals surface area contributed by atoms with Crippen LogP contribution in [0.15, 0.2) is 42.5 Å². The van der Waals surface area contributed by atoms with E-state index in [1.807, 2.05) is 0 Å². The fraction of sp³-hybridized carbons (Fsp3) is 0.0714. The first kappa shape index (κ1) is 13.7. The summed E-state index contributed by atoms with van der Waals surface area (Å²) in [5.74, 6) is -1.08. The number of aldehydes is 1. The summed E-state index contributed by atoms with van der Waals surface area (Å²) in [7, 11) is 0. The Kier molecular flexibility index (Phi) is 4.27. The minimum absolute atomic E-state index is 0.0556. The fourth-order valence-electron chi connectivity index (χ4n) is 1.48. The Morgan fingerprint density at radius 1 is 1.11 bits per heavy atom. The van der Waals surface area contributed by atoms with Gasteiger partial charge in [-0.15, -0.1) is 0 Å². The summed E-state index contributed by atoms with van der Waals surface area (Å²) in [5.41, 5.74) is 0.766. The average molecular weight is 327 g/mol. The normalized spacial score (nSPS) is 11.9. The molecule has 0 aromatic heterocycles. The molecule has 1 atom stereocenters. The third-order valence-electron chi connectivity index (χ3n) is 2.44. The number of carbonyl (C=O) groups excluding carboxylic acids is 1. The molecular formula is C14H9BrF2O2. The van der Waals surface area contributed by atoms with Gasteiger partial charge < -0.3 is 9.53 Å². The summed E-state index contributed by atoms with van der Waals surface area (Å²) in [6.07, 6.45) is 0.759. The summed E-state index contributed by atoms with van der Waals surface area (Å²) in [6, 6.07) is 9.68. The first-order chi connectivity index (χ1) is 9.10. The lowest BCUT2D eigenvalue weighted by molar-refractivity contribution is -0.107. The van der Waals surface area contributed by atoms with Crippen molar-refractivity contribution in [2.45, 2.75) is 4.83 Å². The van der Waals surface area contributed by atoms with Crippen molar-refractivity contribution >= 4 is 22.2 Å². The molecule has 0 spiro atoms. The van der Waals surface area contributed by atoms with E-state index in [0.29, 0.717) is 5.75 Å². The van der Waals surface area contributed by atoms with Crippen molar-refractivity contribution in [3.63, 3.8) is 0 Å². The van der Waals surface area contributed by atoms with Crippen LogP contribution in [0.3, 0.4) is 0 Å². The molecule has 0 saturated heterocycles. The maximum absolute atomic E-state index is 13.4. The van der Waals surface area contributed by atoms with E-state index >= 15 is 0 Å². The van der Waals surface area contributed by atoms with Gasteiger partial charge in [0.15, 0.2) is 11.6 Å². The molecule has 0 heterocycles. The van der Waals surface area contributed by atoms with Gasteiger partial charge >= 0.3 is 0 Å². The average Bonchev–Trinajstić information content (AvgIpc) is 2.42. The van der Waals surface area contributed by atoms with Gasteiger partial charge in [0.05, 0.1) is 4.83 Å². The highest BCUT2D eigenvalue weighted by molar-refractivity contribution is 9.09. The first-order valence-corrected chi connectivity index (χ1v) is 6.34. The Hall–Kier alpha value is -1.75. The molecule has 0 aliphatic rings. The monoisotopic (exact) mass is 326 g/mol. The summed E-state index contributed by atoms with van der Waals surface area (Å²) in [4.78, 5) is 10.2. The predicted molar refractivity (Wildman–Crippen MR) is 70.6 cm³/mol. The smallest absolute Gasteiger partial charge is 0.168 e. The van der Waals surface area contributed by atoms with Gasteiger partial charge in [-0.2, -0.15) is 0 Å². The van der Waals surface area contributed by atoms with E-state index in [2.05, 4.69) is 15.9 Å². The van der Waals surface area contributed by atoms with Gasteiger partial charge in [0.1, 0.15) is 17.9 Å². The van der Waals surface area contributed by atoms with Crippen LogP contribution >= 0.6 is 15.9 Å². The number of rotatable bonds is 4. The molecule has 0 N–H and O–H groups in total. The van der Waals surface area contributed by atoms with Crippen molar-refractivity contribution in [3.05, 3.63) is 59.7 Å². The summed E-state index contributed by atoms with van der Waals surface area (Å²) in [6.45, 7) is 0. The predicted octanol–water partition coefficient (Wildman–Crippen LogP) is 4.39. The Labute approximate surface area is 117 Å². The van der Waals surface area contributed by atoms with E-state index in [1.165, 1.54) is 6.07 Å². The van der Waals surface area contributed by atoms with Crippen molar-refractivity contribution in [2.75, 3.05) is 0 Å². The third kappa shape index (κ3) is 3.38. The lowest BCUT2D eigenvalue weighted by Crippen LogP contribution is -1.92. The number of alkyl halides is 1. The van der Waals surface area contributed by atoms with Crippen LogP contribution in [-0.4, -0.2) is 6.29 Å². The molecule has 2 aromatic rings. The SMILES string of the molecule is O=CC(Br)c1ccc(Oc2ccc(F)cc2F)cc1. The second-order valence-electron chi connectivity index (χ2n) is 3.78. The first-order valence-electron chi connectivity index (χ1n) is 5.42. The number of carbonyl (C=O) groups is 1. The second-order valence-corrected chi connectivity index (χ2v) is 4.77. The molecule has 98 valence electrons. The molecule has 2 nitrogen and oxygen atoms in total. The van der Waals surface area contributed by atoms with Gasteiger partial charge in [0.25, 0.3) is 0 Å². The van der Waals surface area contributed by atoms with Gasteiger partial charge in [-0.1, -0.05) is 28.1 Å². The Balaban J connectivity index is 2.17. The molecule has 0 bridgehead atoms. The minimum Gasteiger partial charge on any atom is -0.454 e. The molecular weight excluding hydrogens is 318 g/mol. The number of halogens is 3. The quantitative estimate of drug-likeness (QED) is 0.615. The molecule has 19 heavy (non-hydrogen) atoms. The van der Waals surface area contributed by atoms with Gasteiger partial charge in [0.2, 0.25) is 0 Å². The van der Waals surface area contributed by atoms with E-state index < -0.39 is 11.6 Å². The van der Waals surface area contributed by atoms with Crippen molar-refractivity contribution in [1.82, 2.24) is 0 Å². The number of ether oxygens (including phenoxy) is 1. The van der Waals surface area contributed by atoms with Crippen LogP contribution < -0.4 is 4.74 Å². The van der Waals surface area contributed by atoms with Crippen LogP contribution in [0.25, 0.3) is 0 Å². The second kappa shape index (κ2) is 5.93. The van der Waals surface area contributed by atoms with Crippen LogP contribution in [0.1, 0.15) is 10.4 Å². The molecule has 2 rings (SSSR count). The summed E-state index contributed by atoms with van der Waals surface area (Å²) in [5, 5.41) is 0. The van der Waals surface area contributed by atoms with E-state index in [9.17, 15) is 13.6 Å². The van der Waals surface area contributed by atoms with Gasteiger partial charge in [0, 0.05) is 6.07 Å². The zero-order valence-corrected chi connectivity index (χ0v) is 11.2. The number of hydrogen-bond donors (Lipinski definition) is 0. The Morgan fingerprint density at radius 2 is 1.79 bits per heavy atom. The lowest BCUT2D eigenvalue weighted by atomic mass is 10.1. The van der Waals surface area contributed by atoms with E-state index in [1.54, 1.807) is 24.3 Å². The molecule has 0 saturated carbocycles. The summed E-state index contributed by atoms with van der Waals surface area (Å²) >= 11 is 3.19. The fourth-order valence-corrected chi connectivity index (χ4v) is 1.79. The molecule has 0 amide bonds. The maximum Gasteiger partial charge on any atom is 0.168 e. The molecule has 0 fully saturated rings. The standard InChI is InChI=1S/C14H9BrF2O2/c15-12(8-18)9-1-4-11(5-2-9)19-14-6-3-10(16)7-13(14)17/h1-8,12H. The highest BCUT2D eigenvalue weighted by Crippen LogP contribution is 2.27. The molecule has 0 radical (unpaired) electrons. The highest BCUT2D eigenvalue weighted by Gasteiger charge is 2.08. The molecule has 5 heteroatoms. The molecule has 0 aliphatic carbocycles. The van der Waals surface area contributed by atoms with E-state index in [4.69, 9.17) is 4.74 Å². The highest BCUT2D eigenvalue weighted by atomic mass is 79.9. The number of hydrogen-bond acceptors (Lipinski definition) is 2. The minimum atomic E-state index is -0.768. The maximum atomic E-state index is 13.4. The third-order valence-corrected chi connectivity index (χ3v) is 3.18. The van der Waals surface area contributed by atoms with Crippen molar-refractivity contribution in [2.24, 2.45) is 0 Å². The molecule has 0 aliphatic heterocycles. The van der Waals surface area contributed by atoms with E-state index in [0.717, 1.165) is 24.0 Å². The topological polar surface area (TPSA) is 26.3 Å². The van der Waals surface area contributed by atoms with Gasteiger partial charge in [-0.25, -0.2) is 8.78 Å². The van der Waals surface area contributed by atoms with Crippen LogP contribution in [0, 0.1) is 11.6 Å². The van der Waals surface area contributed by atoms with Crippen LogP contribution in [0.4, 0.5) is 8.78 Å². The zero-order chi connectivity index (χ0) is 13.8. The Morgan fingerprint density at radius 3 is 2.37 bits per heavy atom. The zero-order valence-electron chi connectivity index (χ0n) is 9.65. The van der Waals surface area contributed by atoms with Crippen LogP contribution in [0.2, 0.25) is 0 Å². The van der Waals surface area contributed by atoms with Crippen molar-refractivity contribution in [3.8, 4) is 11.5 Å². The van der Waals surface area contributed by atoms with Gasteiger partial charge in [-0.3, -0.25) is 0 Å². The molecule has 2 aromatic carbocycles. The molecule has 1 unspecified atom stereocenters. The lowest BCUT2D eigenvalue weighted by Gasteiger charge is -2.08. The van der Waals surface area contributed by atoms with Gasteiger partial charge in [-0.05, 0) is 29.8 Å². The van der Waals surface area contributed by atoms with Crippen LogP contribution in [0.5, 0.6) is 11.5 Å². The Bertz CT molecular complexity index is 584. The van der Waals surface area contributed by atoms with Crippen LogP contribution in [-0.2, 0) is 4.79 Å². The van der Waals surface area contributed by atoms with Crippen molar-refractivity contribution < 1.29 is 18.3 Å². The number of benzene rings is 2. The van der Waals surface area contributed by atoms with Crippen molar-refractivity contribution in [1.29, 1.82) is 0 Å². The summed E-state index contributed by atoms with van der Waals surface area (Å²) < 4.78 is 31.4. The van der Waals surface area contributed by atoms with E-state index in [-0.39, 0.29) is 10.6 Å².